The summed E-state index contributed by atoms with van der Waals surface area (Å²) in [6, 6.07) is 11.0. The standard InChI is InChI=1S/C22H27N3O5/c1-23(2)11-12-28-19-6-4-3-5-17(19)24-7-9-25(10-8-24)22(27)16-13-20-21(14-18(16)26)30-15-29-20/h3-6,13-14,26H,7-12,15H2,1-2H3. The topological polar surface area (TPSA) is 74.7 Å². The van der Waals surface area contributed by atoms with E-state index in [1.165, 1.54) is 6.07 Å². The third-order valence-corrected chi connectivity index (χ3v) is 5.29. The molecule has 2 aliphatic rings. The van der Waals surface area contributed by atoms with Gasteiger partial charge in [0.1, 0.15) is 18.1 Å². The number of nitrogens with zero attached hydrogens (tertiary/aromatic N) is 3. The number of anilines is 1. The van der Waals surface area contributed by atoms with Crippen LogP contribution in [-0.4, -0.2) is 81.0 Å². The number of carbonyl (C=O) groups excluding carboxylic acids is 1. The molecule has 2 aliphatic heterocycles. The largest absolute Gasteiger partial charge is 0.507 e. The van der Waals surface area contributed by atoms with Gasteiger partial charge in [-0.05, 0) is 26.2 Å². The van der Waals surface area contributed by atoms with Crippen molar-refractivity contribution in [2.45, 2.75) is 0 Å². The summed E-state index contributed by atoms with van der Waals surface area (Å²) in [6.07, 6.45) is 0. The van der Waals surface area contributed by atoms with Crippen molar-refractivity contribution in [1.29, 1.82) is 0 Å². The van der Waals surface area contributed by atoms with Gasteiger partial charge in [-0.15, -0.1) is 0 Å². The number of benzene rings is 2. The molecule has 30 heavy (non-hydrogen) atoms. The molecule has 2 heterocycles. The highest BCUT2D eigenvalue weighted by Gasteiger charge is 2.27. The number of phenols is 1. The van der Waals surface area contributed by atoms with Crippen molar-refractivity contribution in [3.63, 3.8) is 0 Å². The Labute approximate surface area is 176 Å². The first-order chi connectivity index (χ1) is 14.5. The van der Waals surface area contributed by atoms with E-state index in [2.05, 4.69) is 9.80 Å². The zero-order valence-corrected chi connectivity index (χ0v) is 17.3. The number of hydrogen-bond donors (Lipinski definition) is 1. The number of carbonyl (C=O) groups is 1. The van der Waals surface area contributed by atoms with Gasteiger partial charge in [-0.1, -0.05) is 12.1 Å². The van der Waals surface area contributed by atoms with Gasteiger partial charge in [0.15, 0.2) is 11.5 Å². The number of rotatable bonds is 6. The average Bonchev–Trinajstić information content (AvgIpc) is 3.20. The van der Waals surface area contributed by atoms with Crippen molar-refractivity contribution in [2.24, 2.45) is 0 Å². The maximum absolute atomic E-state index is 13.0. The van der Waals surface area contributed by atoms with E-state index in [4.69, 9.17) is 14.2 Å². The lowest BCUT2D eigenvalue weighted by Gasteiger charge is -2.36. The van der Waals surface area contributed by atoms with E-state index in [9.17, 15) is 9.90 Å². The SMILES string of the molecule is CN(C)CCOc1ccccc1N1CCN(C(=O)c2cc3c(cc2O)OCO3)CC1. The molecule has 0 bridgehead atoms. The minimum atomic E-state index is -0.207. The Morgan fingerprint density at radius 1 is 1.10 bits per heavy atom. The fourth-order valence-corrected chi connectivity index (χ4v) is 3.60. The van der Waals surface area contributed by atoms with Crippen LogP contribution in [-0.2, 0) is 0 Å². The molecule has 0 aromatic heterocycles. The molecule has 1 amide bonds. The Morgan fingerprint density at radius 2 is 1.80 bits per heavy atom. The first-order valence-corrected chi connectivity index (χ1v) is 10.1. The van der Waals surface area contributed by atoms with E-state index < -0.39 is 0 Å². The first-order valence-electron chi connectivity index (χ1n) is 10.1. The molecule has 2 aromatic rings. The van der Waals surface area contributed by atoms with Gasteiger partial charge < -0.3 is 34.0 Å². The van der Waals surface area contributed by atoms with E-state index in [1.54, 1.807) is 11.0 Å². The Balaban J connectivity index is 1.40. The molecule has 2 aromatic carbocycles. The van der Waals surface area contributed by atoms with Crippen LogP contribution in [0.5, 0.6) is 23.0 Å². The molecule has 1 N–H and O–H groups in total. The van der Waals surface area contributed by atoms with Gasteiger partial charge in [0, 0.05) is 44.9 Å². The molecule has 1 saturated heterocycles. The van der Waals surface area contributed by atoms with E-state index in [0.717, 1.165) is 18.0 Å². The molecule has 0 atom stereocenters. The third-order valence-electron chi connectivity index (χ3n) is 5.29. The van der Waals surface area contributed by atoms with E-state index >= 15 is 0 Å². The monoisotopic (exact) mass is 413 g/mol. The van der Waals surface area contributed by atoms with Gasteiger partial charge in [-0.3, -0.25) is 4.79 Å². The van der Waals surface area contributed by atoms with Crippen molar-refractivity contribution in [3.05, 3.63) is 42.0 Å². The van der Waals surface area contributed by atoms with Gasteiger partial charge in [-0.2, -0.15) is 0 Å². The molecular formula is C22H27N3O5. The molecule has 0 saturated carbocycles. The molecule has 4 rings (SSSR count). The minimum absolute atomic E-state index is 0.0914. The number of phenolic OH excluding ortho intramolecular Hbond substituents is 1. The number of likely N-dealkylation sites (N-methyl/N-ethyl adjacent to an activating group) is 1. The number of fused-ring (bicyclic) bond motifs is 1. The lowest BCUT2D eigenvalue weighted by Crippen LogP contribution is -2.48. The van der Waals surface area contributed by atoms with Gasteiger partial charge in [0.25, 0.3) is 5.91 Å². The van der Waals surface area contributed by atoms with E-state index in [-0.39, 0.29) is 24.0 Å². The second-order valence-electron chi connectivity index (χ2n) is 7.62. The highest BCUT2D eigenvalue weighted by atomic mass is 16.7. The van der Waals surface area contributed by atoms with Crippen molar-refractivity contribution in [3.8, 4) is 23.0 Å². The van der Waals surface area contributed by atoms with Crippen molar-refractivity contribution >= 4 is 11.6 Å². The van der Waals surface area contributed by atoms with E-state index in [0.29, 0.717) is 44.3 Å². The first kappa shape index (κ1) is 20.2. The summed E-state index contributed by atoms with van der Waals surface area (Å²) < 4.78 is 16.6. The predicted octanol–water partition coefficient (Wildman–Crippen LogP) is 2.02. The van der Waals surface area contributed by atoms with Crippen LogP contribution in [0.1, 0.15) is 10.4 Å². The summed E-state index contributed by atoms with van der Waals surface area (Å²) >= 11 is 0. The Hall–Kier alpha value is -3.13. The molecule has 0 spiro atoms. The maximum Gasteiger partial charge on any atom is 0.257 e. The third kappa shape index (κ3) is 4.23. The van der Waals surface area contributed by atoms with Crippen LogP contribution in [0.4, 0.5) is 5.69 Å². The number of ether oxygens (including phenoxy) is 3. The summed E-state index contributed by atoms with van der Waals surface area (Å²) in [7, 11) is 4.03. The summed E-state index contributed by atoms with van der Waals surface area (Å²) in [5.41, 5.74) is 1.27. The number of amides is 1. The van der Waals surface area contributed by atoms with Gasteiger partial charge in [0.05, 0.1) is 11.3 Å². The van der Waals surface area contributed by atoms with Gasteiger partial charge in [-0.25, -0.2) is 0 Å². The Kier molecular flexibility index (Phi) is 5.85. The Bertz CT molecular complexity index is 910. The summed E-state index contributed by atoms with van der Waals surface area (Å²) in [6.45, 7) is 4.04. The van der Waals surface area contributed by atoms with Crippen LogP contribution < -0.4 is 19.1 Å². The minimum Gasteiger partial charge on any atom is -0.507 e. The predicted molar refractivity (Wildman–Crippen MR) is 113 cm³/mol. The van der Waals surface area contributed by atoms with Gasteiger partial charge >= 0.3 is 0 Å². The smallest absolute Gasteiger partial charge is 0.257 e. The van der Waals surface area contributed by atoms with Crippen LogP contribution in [0.25, 0.3) is 0 Å². The fourth-order valence-electron chi connectivity index (χ4n) is 3.60. The lowest BCUT2D eigenvalue weighted by molar-refractivity contribution is 0.0743. The zero-order chi connectivity index (χ0) is 21.1. The van der Waals surface area contributed by atoms with Crippen LogP contribution in [0.2, 0.25) is 0 Å². The highest BCUT2D eigenvalue weighted by molar-refractivity contribution is 5.98. The number of hydrogen-bond acceptors (Lipinski definition) is 7. The fraction of sp³-hybridized carbons (Fsp3) is 0.409. The van der Waals surface area contributed by atoms with Crippen LogP contribution in [0, 0.1) is 0 Å². The molecule has 1 fully saturated rings. The zero-order valence-electron chi connectivity index (χ0n) is 17.3. The molecule has 8 heteroatoms. The quantitative estimate of drug-likeness (QED) is 0.777. The highest BCUT2D eigenvalue weighted by Crippen LogP contribution is 2.38. The molecule has 8 nitrogen and oxygen atoms in total. The van der Waals surface area contributed by atoms with Crippen LogP contribution >= 0.6 is 0 Å². The van der Waals surface area contributed by atoms with Gasteiger partial charge in [0.2, 0.25) is 6.79 Å². The molecule has 0 aliphatic carbocycles. The summed E-state index contributed by atoms with van der Waals surface area (Å²) in [4.78, 5) is 19.0. The molecule has 0 radical (unpaired) electrons. The van der Waals surface area contributed by atoms with Crippen LogP contribution in [0.15, 0.2) is 36.4 Å². The summed E-state index contributed by atoms with van der Waals surface area (Å²) in [5.74, 6) is 1.50. The second-order valence-corrected chi connectivity index (χ2v) is 7.62. The number of aromatic hydroxyl groups is 1. The van der Waals surface area contributed by atoms with Crippen molar-refractivity contribution in [1.82, 2.24) is 9.80 Å². The molecule has 160 valence electrons. The van der Waals surface area contributed by atoms with Crippen molar-refractivity contribution in [2.75, 3.05) is 65.1 Å². The second kappa shape index (κ2) is 8.71. The Morgan fingerprint density at radius 3 is 2.53 bits per heavy atom. The maximum atomic E-state index is 13.0. The molecule has 0 unspecified atom stereocenters. The van der Waals surface area contributed by atoms with E-state index in [1.807, 2.05) is 38.4 Å². The average molecular weight is 413 g/mol. The molecular weight excluding hydrogens is 386 g/mol. The number of para-hydroxylation sites is 2. The van der Waals surface area contributed by atoms with Crippen LogP contribution in [0.3, 0.4) is 0 Å². The normalized spacial score (nSPS) is 15.6. The summed E-state index contributed by atoms with van der Waals surface area (Å²) in [5, 5.41) is 10.3. The van der Waals surface area contributed by atoms with Crippen molar-refractivity contribution < 1.29 is 24.1 Å². The number of piperazine rings is 1. The lowest BCUT2D eigenvalue weighted by atomic mass is 10.1.